The highest BCUT2D eigenvalue weighted by Crippen LogP contribution is 2.35. The van der Waals surface area contributed by atoms with Crippen molar-refractivity contribution in [2.75, 3.05) is 23.7 Å². The fraction of sp³-hybridized carbons (Fsp3) is 0.333. The van der Waals surface area contributed by atoms with Crippen LogP contribution in [0.2, 0.25) is 0 Å². The van der Waals surface area contributed by atoms with Gasteiger partial charge in [0.25, 0.3) is 0 Å². The topological polar surface area (TPSA) is 192 Å². The molecule has 0 radical (unpaired) electrons. The number of carbonyl (C=O) groups excluding carboxylic acids is 1. The second-order valence-electron chi connectivity index (χ2n) is 14.5. The third-order valence-corrected chi connectivity index (χ3v) is 10.0. The van der Waals surface area contributed by atoms with E-state index in [0.717, 1.165) is 11.3 Å². The lowest BCUT2D eigenvalue weighted by molar-refractivity contribution is -0.192. The fourth-order valence-electron chi connectivity index (χ4n) is 6.92. The minimum atomic E-state index is -5.08. The highest BCUT2D eigenvalue weighted by Gasteiger charge is 2.44. The van der Waals surface area contributed by atoms with Gasteiger partial charge in [-0.05, 0) is 37.0 Å². The molecule has 4 atom stereocenters. The van der Waals surface area contributed by atoms with Gasteiger partial charge in [0.1, 0.15) is 12.2 Å². The van der Waals surface area contributed by atoms with Gasteiger partial charge < -0.3 is 40.4 Å². The molecule has 59 heavy (non-hydrogen) atoms. The summed E-state index contributed by atoms with van der Waals surface area (Å²) >= 11 is 0. The van der Waals surface area contributed by atoms with E-state index in [4.69, 9.17) is 24.9 Å². The Kier molecular flexibility index (Phi) is 13.6. The van der Waals surface area contributed by atoms with Gasteiger partial charge in [0.05, 0.1) is 36.9 Å². The molecule has 1 saturated carbocycles. The molecule has 3 aromatic heterocycles. The van der Waals surface area contributed by atoms with Crippen LogP contribution in [0.4, 0.5) is 24.9 Å². The van der Waals surface area contributed by atoms with Gasteiger partial charge in [0, 0.05) is 37.7 Å². The summed E-state index contributed by atoms with van der Waals surface area (Å²) in [6.07, 6.45) is -0.724. The number of rotatable bonds is 14. The van der Waals surface area contributed by atoms with E-state index >= 15 is 0 Å². The Morgan fingerprint density at radius 1 is 0.847 bits per heavy atom. The molecule has 7 rings (SSSR count). The van der Waals surface area contributed by atoms with E-state index in [0.29, 0.717) is 54.9 Å². The normalized spacial score (nSPS) is 17.8. The van der Waals surface area contributed by atoms with E-state index in [2.05, 4.69) is 63.6 Å². The molecule has 1 aliphatic rings. The molecule has 310 valence electrons. The average molecular weight is 814 g/mol. The predicted octanol–water partition coefficient (Wildman–Crippen LogP) is 5.53. The van der Waals surface area contributed by atoms with Crippen molar-refractivity contribution in [2.45, 2.75) is 75.5 Å². The van der Waals surface area contributed by atoms with Crippen LogP contribution in [0.15, 0.2) is 110 Å². The van der Waals surface area contributed by atoms with Crippen molar-refractivity contribution >= 4 is 34.8 Å². The molecule has 0 spiro atoms. The van der Waals surface area contributed by atoms with Crippen molar-refractivity contribution in [1.29, 1.82) is 0 Å². The van der Waals surface area contributed by atoms with Gasteiger partial charge in [-0.1, -0.05) is 91.0 Å². The number of amides is 1. The zero-order valence-corrected chi connectivity index (χ0v) is 32.4. The number of carboxylic acids is 1. The van der Waals surface area contributed by atoms with Gasteiger partial charge in [0.2, 0.25) is 11.9 Å². The van der Waals surface area contributed by atoms with Crippen LogP contribution in [0.5, 0.6) is 0 Å². The number of imidazole rings is 2. The van der Waals surface area contributed by atoms with E-state index in [1.54, 1.807) is 10.9 Å². The summed E-state index contributed by atoms with van der Waals surface area (Å²) in [6, 6.07) is 29.2. The summed E-state index contributed by atoms with van der Waals surface area (Å²) in [7, 11) is 0. The monoisotopic (exact) mass is 813 g/mol. The highest BCUT2D eigenvalue weighted by atomic mass is 19.4. The minimum absolute atomic E-state index is 0.0361. The first kappa shape index (κ1) is 42.3. The summed E-state index contributed by atoms with van der Waals surface area (Å²) in [5, 5.41) is 39.4. The van der Waals surface area contributed by atoms with Crippen molar-refractivity contribution < 1.29 is 38.1 Å². The lowest BCUT2D eigenvalue weighted by Crippen LogP contribution is -2.43. The molecule has 1 aliphatic carbocycles. The Bertz CT molecular complexity index is 2250. The molecule has 0 bridgehead atoms. The standard InChI is InChI=1S/C40H45N9O3.C2HF3O2/c1-26(2)48-23-30(43-24-48)18-19-41-40-46-38(42-22-31(28-14-8-4-9-15-28)29-16-10-5-11-17-29)35-39(47-40)49(25-44-35)33-21-32(36(51)37(33)52)45-34(50)20-27-12-6-3-7-13-27;3-2(4,5)1(6)7/h3-17,23-26,31-33,36-37,51-52H,18-22H2,1-2H3,(H,45,50)(H2,41,42,46,47);(H,6,7)/t32-,33+,36+,37-;/m0./s1. The predicted molar refractivity (Wildman–Crippen MR) is 215 cm³/mol. The Labute approximate surface area is 338 Å². The first-order valence-electron chi connectivity index (χ1n) is 19.1. The lowest BCUT2D eigenvalue weighted by atomic mass is 9.91. The Morgan fingerprint density at radius 2 is 1.46 bits per heavy atom. The zero-order chi connectivity index (χ0) is 42.1. The molecule has 0 saturated heterocycles. The molecular formula is C42H46F3N9O5. The number of nitrogens with one attached hydrogen (secondary N) is 3. The number of halogens is 3. The maximum atomic E-state index is 12.9. The van der Waals surface area contributed by atoms with Gasteiger partial charge in [-0.25, -0.2) is 14.8 Å². The molecule has 17 heteroatoms. The van der Waals surface area contributed by atoms with Crippen LogP contribution < -0.4 is 16.0 Å². The van der Waals surface area contributed by atoms with Crippen LogP contribution >= 0.6 is 0 Å². The maximum Gasteiger partial charge on any atom is 0.490 e. The molecule has 14 nitrogen and oxygen atoms in total. The number of hydrogen-bond donors (Lipinski definition) is 6. The molecule has 0 aliphatic heterocycles. The van der Waals surface area contributed by atoms with Gasteiger partial charge >= 0.3 is 12.1 Å². The van der Waals surface area contributed by atoms with Crippen LogP contribution in [0.1, 0.15) is 60.7 Å². The third kappa shape index (κ3) is 10.8. The quantitative estimate of drug-likeness (QED) is 0.0811. The number of nitrogens with zero attached hydrogens (tertiary/aromatic N) is 6. The van der Waals surface area contributed by atoms with Crippen molar-refractivity contribution in [3.05, 3.63) is 132 Å². The lowest BCUT2D eigenvalue weighted by Gasteiger charge is -2.20. The van der Waals surface area contributed by atoms with E-state index in [1.807, 2.05) is 79.3 Å². The van der Waals surface area contributed by atoms with E-state index in [9.17, 15) is 28.2 Å². The van der Waals surface area contributed by atoms with Crippen LogP contribution in [-0.2, 0) is 22.4 Å². The average Bonchev–Trinajstić information content (AvgIpc) is 3.94. The number of carbonyl (C=O) groups is 2. The number of aliphatic hydroxyl groups is 2. The van der Waals surface area contributed by atoms with Crippen LogP contribution in [0.3, 0.4) is 0 Å². The highest BCUT2D eigenvalue weighted by molar-refractivity contribution is 5.84. The first-order valence-corrected chi connectivity index (χ1v) is 19.1. The summed E-state index contributed by atoms with van der Waals surface area (Å²) < 4.78 is 35.6. The van der Waals surface area contributed by atoms with Gasteiger partial charge in [0.15, 0.2) is 17.0 Å². The smallest absolute Gasteiger partial charge is 0.475 e. The summed E-state index contributed by atoms with van der Waals surface area (Å²) in [5.41, 5.74) is 5.21. The number of hydrogen-bond acceptors (Lipinski definition) is 10. The number of aromatic nitrogens is 6. The Morgan fingerprint density at radius 3 is 2.03 bits per heavy atom. The first-order chi connectivity index (χ1) is 28.3. The van der Waals surface area contributed by atoms with Crippen LogP contribution in [-0.4, -0.2) is 93.8 Å². The second kappa shape index (κ2) is 18.9. The van der Waals surface area contributed by atoms with Gasteiger partial charge in [-0.15, -0.1) is 0 Å². The van der Waals surface area contributed by atoms with Crippen LogP contribution in [0, 0.1) is 0 Å². The van der Waals surface area contributed by atoms with Crippen molar-refractivity contribution in [2.24, 2.45) is 0 Å². The fourth-order valence-corrected chi connectivity index (χ4v) is 6.92. The number of aliphatic hydroxyl groups excluding tert-OH is 2. The zero-order valence-electron chi connectivity index (χ0n) is 32.4. The molecule has 6 N–H and O–H groups in total. The molecule has 1 amide bonds. The SMILES string of the molecule is CC(C)n1cnc(CCNc2nc(NCC(c3ccccc3)c3ccccc3)c3ncn([C@@H]4C[C@H](NC(=O)Cc5ccccc5)[C@@H](O)[C@H]4O)c3n2)c1.O=C(O)C(F)(F)F. The molecule has 3 aromatic carbocycles. The molecule has 3 heterocycles. The summed E-state index contributed by atoms with van der Waals surface area (Å²) in [6.45, 7) is 5.32. The number of carboxylic acid groups (broad SMARTS) is 1. The summed E-state index contributed by atoms with van der Waals surface area (Å²) in [4.78, 5) is 40.9. The second-order valence-corrected chi connectivity index (χ2v) is 14.5. The van der Waals surface area contributed by atoms with E-state index < -0.39 is 36.4 Å². The molecule has 0 unspecified atom stereocenters. The number of fused-ring (bicyclic) bond motifs is 1. The molecular weight excluding hydrogens is 768 g/mol. The molecule has 1 fully saturated rings. The minimum Gasteiger partial charge on any atom is -0.475 e. The van der Waals surface area contributed by atoms with Gasteiger partial charge in [-0.2, -0.15) is 23.1 Å². The van der Waals surface area contributed by atoms with Crippen molar-refractivity contribution in [3.8, 4) is 0 Å². The number of benzene rings is 3. The Hall–Kier alpha value is -6.33. The van der Waals surface area contributed by atoms with Gasteiger partial charge in [-0.3, -0.25) is 4.79 Å². The van der Waals surface area contributed by atoms with Crippen molar-refractivity contribution in [1.82, 2.24) is 34.4 Å². The van der Waals surface area contributed by atoms with Crippen molar-refractivity contribution in [3.63, 3.8) is 0 Å². The Balaban J connectivity index is 0.000000768. The summed E-state index contributed by atoms with van der Waals surface area (Å²) in [5.74, 6) is -1.99. The third-order valence-electron chi connectivity index (χ3n) is 10.0. The largest absolute Gasteiger partial charge is 0.490 e. The number of aliphatic carboxylic acids is 1. The number of alkyl halides is 3. The van der Waals surface area contributed by atoms with Crippen LogP contribution in [0.25, 0.3) is 11.2 Å². The van der Waals surface area contributed by atoms with E-state index in [1.165, 1.54) is 11.1 Å². The van der Waals surface area contributed by atoms with E-state index in [-0.39, 0.29) is 18.2 Å². The maximum absolute atomic E-state index is 12.9. The molecule has 6 aromatic rings. The number of anilines is 2.